The van der Waals surface area contributed by atoms with Crippen molar-refractivity contribution in [2.75, 3.05) is 6.61 Å². The van der Waals surface area contributed by atoms with Crippen LogP contribution in [0.2, 0.25) is 0 Å². The number of rotatable bonds is 5. The fourth-order valence-corrected chi connectivity index (χ4v) is 2.01. The monoisotopic (exact) mass is 285 g/mol. The van der Waals surface area contributed by atoms with Crippen molar-refractivity contribution in [1.29, 1.82) is 0 Å². The number of benzene rings is 1. The van der Waals surface area contributed by atoms with Gasteiger partial charge in [0.1, 0.15) is 5.75 Å². The maximum Gasteiger partial charge on any atom is 0.124 e. The Morgan fingerprint density at radius 2 is 2.06 bits per heavy atom. The molecule has 0 aliphatic carbocycles. The topological polar surface area (TPSA) is 35.2 Å². The minimum absolute atomic E-state index is 0.0315. The van der Waals surface area contributed by atoms with Crippen LogP contribution in [0.5, 0.6) is 5.75 Å². The molecule has 2 N–H and O–H groups in total. The first-order chi connectivity index (χ1) is 7.60. The van der Waals surface area contributed by atoms with E-state index in [1.54, 1.807) is 0 Å². The van der Waals surface area contributed by atoms with Gasteiger partial charge in [0.25, 0.3) is 0 Å². The third kappa shape index (κ3) is 3.22. The van der Waals surface area contributed by atoms with Gasteiger partial charge in [-0.15, -0.1) is 0 Å². The van der Waals surface area contributed by atoms with E-state index in [1.165, 1.54) is 0 Å². The minimum Gasteiger partial charge on any atom is -0.494 e. The molecule has 1 unspecified atom stereocenters. The predicted molar refractivity (Wildman–Crippen MR) is 71.7 cm³/mol. The summed E-state index contributed by atoms with van der Waals surface area (Å²) in [7, 11) is 0. The molecule has 0 fully saturated rings. The van der Waals surface area contributed by atoms with Crippen LogP contribution in [-0.4, -0.2) is 6.61 Å². The van der Waals surface area contributed by atoms with E-state index in [1.807, 2.05) is 19.1 Å². The van der Waals surface area contributed by atoms with Crippen LogP contribution >= 0.6 is 15.9 Å². The summed E-state index contributed by atoms with van der Waals surface area (Å²) in [6, 6.07) is 6.05. The van der Waals surface area contributed by atoms with Gasteiger partial charge in [-0.05, 0) is 31.0 Å². The Hall–Kier alpha value is -0.540. The Balaban J connectivity index is 3.03. The number of ether oxygens (including phenoxy) is 1. The SMILES string of the molecule is CCOc1ccc(Br)cc1[C@@H](N)C(C)CC. The second kappa shape index (κ2) is 6.26. The molecule has 0 amide bonds. The van der Waals surface area contributed by atoms with Crippen LogP contribution in [0.4, 0.5) is 0 Å². The Kier molecular flexibility index (Phi) is 5.29. The molecule has 2 nitrogen and oxygen atoms in total. The van der Waals surface area contributed by atoms with Crippen molar-refractivity contribution in [1.82, 2.24) is 0 Å². The minimum atomic E-state index is 0.0315. The summed E-state index contributed by atoms with van der Waals surface area (Å²) in [6.45, 7) is 6.98. The van der Waals surface area contributed by atoms with Gasteiger partial charge in [-0.2, -0.15) is 0 Å². The lowest BCUT2D eigenvalue weighted by Crippen LogP contribution is -2.19. The molecular weight excluding hydrogens is 266 g/mol. The van der Waals surface area contributed by atoms with Crippen LogP contribution in [0.25, 0.3) is 0 Å². The lowest BCUT2D eigenvalue weighted by atomic mass is 9.93. The van der Waals surface area contributed by atoms with Gasteiger partial charge in [0.05, 0.1) is 6.61 Å². The molecule has 0 saturated carbocycles. The molecule has 1 rings (SSSR count). The average molecular weight is 286 g/mol. The van der Waals surface area contributed by atoms with Crippen molar-refractivity contribution in [2.45, 2.75) is 33.2 Å². The van der Waals surface area contributed by atoms with E-state index < -0.39 is 0 Å². The maximum absolute atomic E-state index is 6.25. The molecule has 90 valence electrons. The summed E-state index contributed by atoms with van der Waals surface area (Å²) < 4.78 is 6.65. The lowest BCUT2D eigenvalue weighted by Gasteiger charge is -2.21. The van der Waals surface area contributed by atoms with Gasteiger partial charge < -0.3 is 10.5 Å². The summed E-state index contributed by atoms with van der Waals surface area (Å²) in [5.74, 6) is 1.35. The molecule has 0 saturated heterocycles. The van der Waals surface area contributed by atoms with Gasteiger partial charge in [0.15, 0.2) is 0 Å². The zero-order chi connectivity index (χ0) is 12.1. The smallest absolute Gasteiger partial charge is 0.124 e. The van der Waals surface area contributed by atoms with E-state index in [4.69, 9.17) is 10.5 Å². The summed E-state index contributed by atoms with van der Waals surface area (Å²) in [6.07, 6.45) is 1.07. The van der Waals surface area contributed by atoms with Crippen molar-refractivity contribution in [2.24, 2.45) is 11.7 Å². The molecular formula is C13H20BrNO. The zero-order valence-electron chi connectivity index (χ0n) is 10.2. The molecule has 0 aliphatic heterocycles. The molecule has 3 heteroatoms. The molecule has 0 radical (unpaired) electrons. The molecule has 0 heterocycles. The highest BCUT2D eigenvalue weighted by atomic mass is 79.9. The normalized spacial score (nSPS) is 14.6. The van der Waals surface area contributed by atoms with E-state index >= 15 is 0 Å². The van der Waals surface area contributed by atoms with E-state index in [2.05, 4.69) is 35.8 Å². The summed E-state index contributed by atoms with van der Waals surface area (Å²) in [5, 5.41) is 0. The number of halogens is 1. The van der Waals surface area contributed by atoms with Gasteiger partial charge in [0.2, 0.25) is 0 Å². The van der Waals surface area contributed by atoms with Crippen molar-refractivity contribution >= 4 is 15.9 Å². The van der Waals surface area contributed by atoms with E-state index in [9.17, 15) is 0 Å². The summed E-state index contributed by atoms with van der Waals surface area (Å²) in [5.41, 5.74) is 7.34. The molecule has 0 spiro atoms. The highest BCUT2D eigenvalue weighted by molar-refractivity contribution is 9.10. The first kappa shape index (κ1) is 13.5. The maximum atomic E-state index is 6.25. The van der Waals surface area contributed by atoms with Crippen LogP contribution in [0, 0.1) is 5.92 Å². The van der Waals surface area contributed by atoms with Gasteiger partial charge >= 0.3 is 0 Å². The standard InChI is InChI=1S/C13H20BrNO/c1-4-9(3)13(15)11-8-10(14)6-7-12(11)16-5-2/h6-9,13H,4-5,15H2,1-3H3/t9?,13-/m0/s1. The van der Waals surface area contributed by atoms with E-state index in [0.29, 0.717) is 12.5 Å². The van der Waals surface area contributed by atoms with Crippen LogP contribution in [0.1, 0.15) is 38.8 Å². The van der Waals surface area contributed by atoms with Gasteiger partial charge in [-0.25, -0.2) is 0 Å². The Morgan fingerprint density at radius 3 is 2.62 bits per heavy atom. The second-order valence-corrected chi connectivity index (χ2v) is 4.94. The lowest BCUT2D eigenvalue weighted by molar-refractivity contribution is 0.328. The Labute approximate surface area is 106 Å². The summed E-state index contributed by atoms with van der Waals surface area (Å²) in [4.78, 5) is 0. The zero-order valence-corrected chi connectivity index (χ0v) is 11.8. The molecule has 1 aromatic carbocycles. The largest absolute Gasteiger partial charge is 0.494 e. The molecule has 0 bridgehead atoms. The van der Waals surface area contributed by atoms with Crippen molar-refractivity contribution in [3.05, 3.63) is 28.2 Å². The number of hydrogen-bond acceptors (Lipinski definition) is 2. The van der Waals surface area contributed by atoms with Crippen LogP contribution in [0.3, 0.4) is 0 Å². The average Bonchev–Trinajstić information content (AvgIpc) is 2.29. The first-order valence-corrected chi connectivity index (χ1v) is 6.57. The first-order valence-electron chi connectivity index (χ1n) is 5.77. The van der Waals surface area contributed by atoms with Gasteiger partial charge in [-0.1, -0.05) is 36.2 Å². The summed E-state index contributed by atoms with van der Waals surface area (Å²) >= 11 is 3.48. The second-order valence-electron chi connectivity index (χ2n) is 4.03. The van der Waals surface area contributed by atoms with Crippen LogP contribution < -0.4 is 10.5 Å². The van der Waals surface area contributed by atoms with Crippen LogP contribution in [0.15, 0.2) is 22.7 Å². The van der Waals surface area contributed by atoms with E-state index in [0.717, 1.165) is 22.2 Å². The molecule has 16 heavy (non-hydrogen) atoms. The Bertz CT molecular complexity index is 341. The van der Waals surface area contributed by atoms with Crippen molar-refractivity contribution in [3.8, 4) is 5.75 Å². The molecule has 2 atom stereocenters. The van der Waals surface area contributed by atoms with E-state index in [-0.39, 0.29) is 6.04 Å². The predicted octanol–water partition coefficient (Wildman–Crippen LogP) is 3.89. The molecule has 1 aromatic rings. The van der Waals surface area contributed by atoms with Crippen LogP contribution in [-0.2, 0) is 0 Å². The van der Waals surface area contributed by atoms with Gasteiger partial charge in [0, 0.05) is 16.1 Å². The van der Waals surface area contributed by atoms with Crippen molar-refractivity contribution < 1.29 is 4.74 Å². The number of hydrogen-bond donors (Lipinski definition) is 1. The Morgan fingerprint density at radius 1 is 1.38 bits per heavy atom. The van der Waals surface area contributed by atoms with Gasteiger partial charge in [-0.3, -0.25) is 0 Å². The molecule has 0 aliphatic rings. The fourth-order valence-electron chi connectivity index (χ4n) is 1.63. The highest BCUT2D eigenvalue weighted by Crippen LogP contribution is 2.32. The third-order valence-electron chi connectivity index (χ3n) is 2.89. The highest BCUT2D eigenvalue weighted by Gasteiger charge is 2.17. The van der Waals surface area contributed by atoms with Crippen molar-refractivity contribution in [3.63, 3.8) is 0 Å². The third-order valence-corrected chi connectivity index (χ3v) is 3.38. The fraction of sp³-hybridized carbons (Fsp3) is 0.538. The molecule has 0 aromatic heterocycles. The number of nitrogens with two attached hydrogens (primary N) is 1. The quantitative estimate of drug-likeness (QED) is 0.891.